The van der Waals surface area contributed by atoms with Gasteiger partial charge in [-0.3, -0.25) is 4.79 Å². The highest BCUT2D eigenvalue weighted by Crippen LogP contribution is 2.63. The molecule has 0 radical (unpaired) electrons. The standard InChI is InChI=1S/C28H32ClN3O5S/c29-19-4-7-22(18-14-27(15-18)8-2-9-27)24(13-19)37-28(10-11-28)26(33)31-38(34,35)25-23(3-1-12-30-25)32-16-20-5-6-21(17-32)36-20/h1,3-4,7,12-13,18,20-21H,2,5-6,8-11,14-17H2,(H,31,33). The van der Waals surface area contributed by atoms with E-state index in [9.17, 15) is 13.2 Å². The van der Waals surface area contributed by atoms with Crippen LogP contribution in [0.4, 0.5) is 5.69 Å². The summed E-state index contributed by atoms with van der Waals surface area (Å²) >= 11 is 6.31. The van der Waals surface area contributed by atoms with Crippen LogP contribution in [-0.4, -0.2) is 50.2 Å². The molecule has 2 aromatic rings. The Morgan fingerprint density at radius 3 is 2.50 bits per heavy atom. The average molecular weight is 558 g/mol. The number of benzene rings is 1. The van der Waals surface area contributed by atoms with Gasteiger partial charge in [-0.05, 0) is 79.7 Å². The number of hydrogen-bond donors (Lipinski definition) is 1. The van der Waals surface area contributed by atoms with Crippen LogP contribution in [0.1, 0.15) is 69.3 Å². The van der Waals surface area contributed by atoms with Crippen LogP contribution in [0.2, 0.25) is 5.02 Å². The Morgan fingerprint density at radius 2 is 1.84 bits per heavy atom. The largest absolute Gasteiger partial charge is 0.477 e. The zero-order chi connectivity index (χ0) is 26.1. The first-order valence-electron chi connectivity index (χ1n) is 13.7. The quantitative estimate of drug-likeness (QED) is 0.532. The van der Waals surface area contributed by atoms with Gasteiger partial charge in [0.05, 0.1) is 17.9 Å². The zero-order valence-electron chi connectivity index (χ0n) is 21.2. The Bertz CT molecular complexity index is 1370. The molecule has 7 rings (SSSR count). The number of halogens is 1. The van der Waals surface area contributed by atoms with Gasteiger partial charge in [0.25, 0.3) is 15.9 Å². The number of ether oxygens (including phenoxy) is 2. The molecule has 2 saturated heterocycles. The molecule has 1 amide bonds. The number of sulfonamides is 1. The van der Waals surface area contributed by atoms with E-state index >= 15 is 0 Å². The number of pyridine rings is 1. The number of amides is 1. The summed E-state index contributed by atoms with van der Waals surface area (Å²) in [6.45, 7) is 1.21. The molecule has 38 heavy (non-hydrogen) atoms. The number of fused-ring (bicyclic) bond motifs is 2. The highest BCUT2D eigenvalue weighted by Gasteiger charge is 2.55. The van der Waals surface area contributed by atoms with Gasteiger partial charge in [0.2, 0.25) is 0 Å². The Hall–Kier alpha value is -2.36. The van der Waals surface area contributed by atoms with E-state index in [4.69, 9.17) is 21.1 Å². The molecular formula is C28H32ClN3O5S. The van der Waals surface area contributed by atoms with Crippen molar-refractivity contribution in [2.45, 2.75) is 86.5 Å². The molecule has 2 bridgehead atoms. The average Bonchev–Trinajstić information content (AvgIpc) is 3.55. The molecule has 2 unspecified atom stereocenters. The maximum absolute atomic E-state index is 13.5. The van der Waals surface area contributed by atoms with E-state index in [2.05, 4.69) is 9.71 Å². The van der Waals surface area contributed by atoms with Crippen molar-refractivity contribution in [1.82, 2.24) is 9.71 Å². The van der Waals surface area contributed by atoms with Crippen LogP contribution in [0.25, 0.3) is 0 Å². The number of carbonyl (C=O) groups excluding carboxylic acids is 1. The normalized spacial score (nSPS) is 26.9. The SMILES string of the molecule is O=C(NS(=O)(=O)c1ncccc1N1CC2CCC(C1)O2)C1(Oc2cc(Cl)ccc2C2CC3(CCC3)C2)CC1. The van der Waals surface area contributed by atoms with Crippen LogP contribution in [0, 0.1) is 5.41 Å². The summed E-state index contributed by atoms with van der Waals surface area (Å²) in [4.78, 5) is 19.6. The summed E-state index contributed by atoms with van der Waals surface area (Å²) in [6.07, 6.45) is 10.6. The summed E-state index contributed by atoms with van der Waals surface area (Å²) in [5.74, 6) is 0.306. The number of nitrogens with one attached hydrogen (secondary N) is 1. The Morgan fingerprint density at radius 1 is 1.11 bits per heavy atom. The molecular weight excluding hydrogens is 526 g/mol. The van der Waals surface area contributed by atoms with Crippen LogP contribution in [0.15, 0.2) is 41.6 Å². The number of morpholine rings is 1. The fourth-order valence-electron chi connectivity index (χ4n) is 6.83. The van der Waals surface area contributed by atoms with Crippen LogP contribution >= 0.6 is 11.6 Å². The molecule has 3 saturated carbocycles. The number of anilines is 1. The Kier molecular flexibility index (Phi) is 5.73. The predicted octanol–water partition coefficient (Wildman–Crippen LogP) is 4.57. The first kappa shape index (κ1) is 24.7. The van der Waals surface area contributed by atoms with Gasteiger partial charge >= 0.3 is 0 Å². The van der Waals surface area contributed by atoms with Crippen LogP contribution in [0.3, 0.4) is 0 Å². The van der Waals surface area contributed by atoms with Crippen molar-refractivity contribution in [3.63, 3.8) is 0 Å². The fourth-order valence-corrected chi connectivity index (χ4v) is 8.19. The van der Waals surface area contributed by atoms with Gasteiger partial charge in [0.1, 0.15) is 5.75 Å². The van der Waals surface area contributed by atoms with E-state index in [1.54, 1.807) is 18.2 Å². The molecule has 1 spiro atoms. The number of aromatic nitrogens is 1. The summed E-state index contributed by atoms with van der Waals surface area (Å²) < 4.78 is 41.5. The van der Waals surface area contributed by atoms with Crippen molar-refractivity contribution in [3.8, 4) is 5.75 Å². The molecule has 5 fully saturated rings. The van der Waals surface area contributed by atoms with E-state index in [0.29, 0.717) is 53.7 Å². The van der Waals surface area contributed by atoms with Crippen molar-refractivity contribution >= 4 is 33.2 Å². The van der Waals surface area contributed by atoms with Gasteiger partial charge in [-0.25, -0.2) is 9.71 Å². The molecule has 202 valence electrons. The van der Waals surface area contributed by atoms with Crippen LogP contribution < -0.4 is 14.4 Å². The van der Waals surface area contributed by atoms with E-state index in [-0.39, 0.29) is 17.2 Å². The second-order valence-corrected chi connectivity index (χ2v) is 13.9. The number of hydrogen-bond acceptors (Lipinski definition) is 7. The van der Waals surface area contributed by atoms with E-state index in [1.807, 2.05) is 17.0 Å². The van der Waals surface area contributed by atoms with E-state index < -0.39 is 21.5 Å². The van der Waals surface area contributed by atoms with Gasteiger partial charge in [-0.1, -0.05) is 24.1 Å². The van der Waals surface area contributed by atoms with Gasteiger partial charge in [-0.15, -0.1) is 0 Å². The maximum atomic E-state index is 13.5. The van der Waals surface area contributed by atoms with Gasteiger partial charge < -0.3 is 14.4 Å². The third-order valence-electron chi connectivity index (χ3n) is 9.23. The number of rotatable bonds is 7. The second-order valence-electron chi connectivity index (χ2n) is 11.9. The number of nitrogens with zero attached hydrogens (tertiary/aromatic N) is 2. The number of carbonyl (C=O) groups is 1. The second kappa shape index (κ2) is 8.83. The minimum absolute atomic E-state index is 0.0870. The molecule has 2 atom stereocenters. The Balaban J connectivity index is 1.10. The summed E-state index contributed by atoms with van der Waals surface area (Å²) in [7, 11) is -4.23. The summed E-state index contributed by atoms with van der Waals surface area (Å²) in [5.41, 5.74) is 0.816. The highest BCUT2D eigenvalue weighted by molar-refractivity contribution is 7.90. The van der Waals surface area contributed by atoms with Gasteiger partial charge in [0, 0.05) is 37.2 Å². The lowest BCUT2D eigenvalue weighted by molar-refractivity contribution is -0.128. The van der Waals surface area contributed by atoms with Crippen LogP contribution in [-0.2, 0) is 19.6 Å². The summed E-state index contributed by atoms with van der Waals surface area (Å²) in [5, 5.41) is 0.386. The topological polar surface area (TPSA) is 97.8 Å². The van der Waals surface area contributed by atoms with Crippen molar-refractivity contribution in [1.29, 1.82) is 0 Å². The minimum Gasteiger partial charge on any atom is -0.477 e. The zero-order valence-corrected chi connectivity index (χ0v) is 22.8. The molecule has 1 aromatic heterocycles. The lowest BCUT2D eigenvalue weighted by Crippen LogP contribution is -2.46. The molecule has 10 heteroatoms. The molecule has 3 heterocycles. The van der Waals surface area contributed by atoms with Crippen LogP contribution in [0.5, 0.6) is 5.75 Å². The third-order valence-corrected chi connectivity index (χ3v) is 10.7. The monoisotopic (exact) mass is 557 g/mol. The van der Waals surface area contributed by atoms with E-state index in [1.165, 1.54) is 25.5 Å². The fraction of sp³-hybridized carbons (Fsp3) is 0.571. The third kappa shape index (κ3) is 4.27. The molecule has 8 nitrogen and oxygen atoms in total. The van der Waals surface area contributed by atoms with Gasteiger partial charge in [0.15, 0.2) is 10.6 Å². The lowest BCUT2D eigenvalue weighted by atomic mass is 9.50. The smallest absolute Gasteiger partial charge is 0.283 e. The molecule has 2 aliphatic heterocycles. The summed E-state index contributed by atoms with van der Waals surface area (Å²) in [6, 6.07) is 9.07. The highest BCUT2D eigenvalue weighted by atomic mass is 35.5. The van der Waals surface area contributed by atoms with Crippen molar-refractivity contribution < 1.29 is 22.7 Å². The van der Waals surface area contributed by atoms with Gasteiger partial charge in [-0.2, -0.15) is 8.42 Å². The van der Waals surface area contributed by atoms with Crippen molar-refractivity contribution in [2.75, 3.05) is 18.0 Å². The first-order valence-corrected chi connectivity index (χ1v) is 15.5. The van der Waals surface area contributed by atoms with Crippen molar-refractivity contribution in [3.05, 3.63) is 47.1 Å². The maximum Gasteiger partial charge on any atom is 0.283 e. The molecule has 1 N–H and O–H groups in total. The molecule has 5 aliphatic rings. The van der Waals surface area contributed by atoms with E-state index in [0.717, 1.165) is 31.2 Å². The first-order chi connectivity index (χ1) is 18.2. The molecule has 3 aliphatic carbocycles. The lowest BCUT2D eigenvalue weighted by Gasteiger charge is -2.54. The molecule has 1 aromatic carbocycles. The van der Waals surface area contributed by atoms with Crippen molar-refractivity contribution in [2.24, 2.45) is 5.41 Å². The Labute approximate surface area is 228 Å². The predicted molar refractivity (Wildman–Crippen MR) is 142 cm³/mol. The minimum atomic E-state index is -4.23.